The largest absolute Gasteiger partial charge is 0.360 e. The molecule has 0 atom stereocenters. The van der Waals surface area contributed by atoms with Gasteiger partial charge in [0.2, 0.25) is 0 Å². The quantitative estimate of drug-likeness (QED) is 0.669. The highest BCUT2D eigenvalue weighted by Gasteiger charge is 2.12. The van der Waals surface area contributed by atoms with Gasteiger partial charge in [-0.1, -0.05) is 49.4 Å². The number of aromatic nitrogens is 1. The molecule has 0 saturated carbocycles. The van der Waals surface area contributed by atoms with Gasteiger partial charge >= 0.3 is 0 Å². The zero-order chi connectivity index (χ0) is 17.2. The van der Waals surface area contributed by atoms with Crippen molar-refractivity contribution in [3.8, 4) is 0 Å². The zero-order valence-electron chi connectivity index (χ0n) is 13.9. The fourth-order valence-electron chi connectivity index (χ4n) is 2.69. The molecule has 1 N–H and O–H groups in total. The van der Waals surface area contributed by atoms with Crippen molar-refractivity contribution in [2.24, 2.45) is 0 Å². The van der Waals surface area contributed by atoms with Crippen LogP contribution in [0.5, 0.6) is 0 Å². The molecule has 0 radical (unpaired) electrons. The molecular formula is C19H21NO2S2. The third-order valence-corrected chi connectivity index (χ3v) is 6.32. The van der Waals surface area contributed by atoms with Crippen molar-refractivity contribution < 1.29 is 8.42 Å². The van der Waals surface area contributed by atoms with E-state index in [1.165, 1.54) is 29.6 Å². The number of H-pyrrole nitrogens is 1. The van der Waals surface area contributed by atoms with E-state index in [1.54, 1.807) is 23.9 Å². The number of hydrogen-bond donors (Lipinski definition) is 1. The molecule has 1 heterocycles. The van der Waals surface area contributed by atoms with Gasteiger partial charge in [-0.3, -0.25) is 0 Å². The summed E-state index contributed by atoms with van der Waals surface area (Å²) in [7, 11) is -3.19. The molecule has 3 nitrogen and oxygen atoms in total. The molecule has 24 heavy (non-hydrogen) atoms. The fraction of sp³-hybridized carbons (Fsp3) is 0.263. The predicted molar refractivity (Wildman–Crippen MR) is 101 cm³/mol. The van der Waals surface area contributed by atoms with E-state index in [4.69, 9.17) is 0 Å². The van der Waals surface area contributed by atoms with Crippen LogP contribution in [0.1, 0.15) is 25.3 Å². The number of unbranched alkanes of at least 4 members (excludes halogenated alkanes) is 1. The van der Waals surface area contributed by atoms with E-state index in [1.807, 2.05) is 12.3 Å². The molecule has 0 fully saturated rings. The Hall–Kier alpha value is -1.72. The summed E-state index contributed by atoms with van der Waals surface area (Å²) in [5, 5.41) is 1.05. The van der Waals surface area contributed by atoms with Gasteiger partial charge in [0.05, 0.1) is 4.90 Å². The minimum absolute atomic E-state index is 0.344. The molecule has 0 bridgehead atoms. The molecule has 0 aliphatic heterocycles. The van der Waals surface area contributed by atoms with E-state index in [0.29, 0.717) is 4.90 Å². The Morgan fingerprint density at radius 3 is 2.62 bits per heavy atom. The monoisotopic (exact) mass is 359 g/mol. The maximum Gasteiger partial charge on any atom is 0.175 e. The maximum absolute atomic E-state index is 11.7. The number of rotatable bonds is 6. The van der Waals surface area contributed by atoms with E-state index in [2.05, 4.69) is 36.2 Å². The highest BCUT2D eigenvalue weighted by atomic mass is 32.2. The highest BCUT2D eigenvalue weighted by Crippen LogP contribution is 2.36. The van der Waals surface area contributed by atoms with Crippen molar-refractivity contribution in [1.29, 1.82) is 0 Å². The lowest BCUT2D eigenvalue weighted by Crippen LogP contribution is -1.96. The zero-order valence-corrected chi connectivity index (χ0v) is 15.5. The van der Waals surface area contributed by atoms with Crippen LogP contribution in [0.4, 0.5) is 0 Å². The molecule has 5 heteroatoms. The van der Waals surface area contributed by atoms with Gasteiger partial charge in [0.1, 0.15) is 0 Å². The van der Waals surface area contributed by atoms with Crippen molar-refractivity contribution in [3.63, 3.8) is 0 Å². The lowest BCUT2D eigenvalue weighted by Gasteiger charge is -2.08. The standard InChI is InChI=1S/C19H21NO2S2/c1-3-4-7-14-8-5-6-9-18(14)23-19-13-20-17-12-15(24(2,21)22)10-11-16(17)19/h5-6,8-13,20H,3-4,7H2,1-2H3. The topological polar surface area (TPSA) is 49.9 Å². The van der Waals surface area contributed by atoms with Crippen molar-refractivity contribution in [2.75, 3.05) is 6.26 Å². The van der Waals surface area contributed by atoms with Crippen LogP contribution in [-0.2, 0) is 16.3 Å². The first-order valence-corrected chi connectivity index (χ1v) is 10.8. The lowest BCUT2D eigenvalue weighted by molar-refractivity contribution is 0.602. The molecule has 0 amide bonds. The third kappa shape index (κ3) is 3.68. The van der Waals surface area contributed by atoms with E-state index in [-0.39, 0.29) is 0 Å². The Morgan fingerprint density at radius 2 is 1.88 bits per heavy atom. The third-order valence-electron chi connectivity index (χ3n) is 4.04. The average Bonchev–Trinajstić information content (AvgIpc) is 2.95. The van der Waals surface area contributed by atoms with Crippen LogP contribution in [0, 0.1) is 0 Å². The predicted octanol–water partition coefficient (Wildman–Crippen LogP) is 5.07. The van der Waals surface area contributed by atoms with Crippen LogP contribution >= 0.6 is 11.8 Å². The van der Waals surface area contributed by atoms with Crippen molar-refractivity contribution >= 4 is 32.5 Å². The lowest BCUT2D eigenvalue weighted by atomic mass is 10.1. The number of benzene rings is 2. The van der Waals surface area contributed by atoms with Crippen LogP contribution in [0.25, 0.3) is 10.9 Å². The molecule has 0 unspecified atom stereocenters. The SMILES string of the molecule is CCCCc1ccccc1Sc1c[nH]c2cc(S(C)(=O)=O)ccc12. The van der Waals surface area contributed by atoms with Gasteiger partial charge in [-0.15, -0.1) is 0 Å². The first-order chi connectivity index (χ1) is 11.5. The number of fused-ring (bicyclic) bond motifs is 1. The summed E-state index contributed by atoms with van der Waals surface area (Å²) in [6.45, 7) is 2.20. The average molecular weight is 360 g/mol. The summed E-state index contributed by atoms with van der Waals surface area (Å²) in [6, 6.07) is 13.8. The van der Waals surface area contributed by atoms with E-state index in [0.717, 1.165) is 22.2 Å². The molecule has 0 aliphatic carbocycles. The Balaban J connectivity index is 1.94. The minimum Gasteiger partial charge on any atom is -0.360 e. The van der Waals surface area contributed by atoms with Gasteiger partial charge < -0.3 is 4.98 Å². The molecular weight excluding hydrogens is 338 g/mol. The number of aromatic amines is 1. The molecule has 1 aromatic heterocycles. The molecule has 0 spiro atoms. The second kappa shape index (κ2) is 7.03. The fourth-order valence-corrected chi connectivity index (χ4v) is 4.43. The molecule has 0 saturated heterocycles. The van der Waals surface area contributed by atoms with E-state index < -0.39 is 9.84 Å². The van der Waals surface area contributed by atoms with Gasteiger partial charge in [0.25, 0.3) is 0 Å². The Labute approximate surface area is 147 Å². The smallest absolute Gasteiger partial charge is 0.175 e. The summed E-state index contributed by atoms with van der Waals surface area (Å²) >= 11 is 1.73. The summed E-state index contributed by atoms with van der Waals surface area (Å²) in [4.78, 5) is 5.92. The van der Waals surface area contributed by atoms with Crippen LogP contribution in [0.3, 0.4) is 0 Å². The summed E-state index contributed by atoms with van der Waals surface area (Å²) in [6.07, 6.45) is 6.64. The van der Waals surface area contributed by atoms with E-state index in [9.17, 15) is 8.42 Å². The molecule has 126 valence electrons. The van der Waals surface area contributed by atoms with Crippen molar-refractivity contribution in [1.82, 2.24) is 4.98 Å². The Morgan fingerprint density at radius 1 is 1.08 bits per heavy atom. The van der Waals surface area contributed by atoms with Gasteiger partial charge in [0, 0.05) is 33.1 Å². The molecule has 2 aromatic carbocycles. The van der Waals surface area contributed by atoms with Gasteiger partial charge in [-0.2, -0.15) is 0 Å². The van der Waals surface area contributed by atoms with Crippen LogP contribution in [0.15, 0.2) is 63.3 Å². The molecule has 3 rings (SSSR count). The Kier molecular flexibility index (Phi) is 5.01. The highest BCUT2D eigenvalue weighted by molar-refractivity contribution is 7.99. The van der Waals surface area contributed by atoms with Crippen LogP contribution in [-0.4, -0.2) is 19.7 Å². The molecule has 0 aliphatic rings. The number of hydrogen-bond acceptors (Lipinski definition) is 3. The van der Waals surface area contributed by atoms with Crippen molar-refractivity contribution in [3.05, 3.63) is 54.2 Å². The normalized spacial score (nSPS) is 11.9. The number of sulfone groups is 1. The van der Waals surface area contributed by atoms with Gasteiger partial charge in [0.15, 0.2) is 9.84 Å². The van der Waals surface area contributed by atoms with Crippen molar-refractivity contribution in [2.45, 2.75) is 40.9 Å². The maximum atomic E-state index is 11.7. The van der Waals surface area contributed by atoms with Crippen LogP contribution in [0.2, 0.25) is 0 Å². The summed E-state index contributed by atoms with van der Waals surface area (Å²) < 4.78 is 23.4. The summed E-state index contributed by atoms with van der Waals surface area (Å²) in [5.41, 5.74) is 2.22. The number of nitrogens with one attached hydrogen (secondary N) is 1. The minimum atomic E-state index is -3.19. The van der Waals surface area contributed by atoms with Gasteiger partial charge in [-0.25, -0.2) is 8.42 Å². The first kappa shape index (κ1) is 17.1. The summed E-state index contributed by atoms with van der Waals surface area (Å²) in [5.74, 6) is 0. The van der Waals surface area contributed by atoms with E-state index >= 15 is 0 Å². The van der Waals surface area contributed by atoms with Gasteiger partial charge in [-0.05, 0) is 36.6 Å². The Bertz CT molecular complexity index is 958. The number of aryl methyl sites for hydroxylation is 1. The molecule has 3 aromatic rings. The second-order valence-corrected chi connectivity index (χ2v) is 9.05. The first-order valence-electron chi connectivity index (χ1n) is 8.06. The second-order valence-electron chi connectivity index (χ2n) is 5.95. The van der Waals surface area contributed by atoms with Crippen LogP contribution < -0.4 is 0 Å².